The van der Waals surface area contributed by atoms with Crippen molar-refractivity contribution in [3.05, 3.63) is 58.1 Å². The SMILES string of the molecule is CC(C)COC(=O)c1cccc(NC(=O)CCC(=O)OCC(=O)Nc2cccc(Cl)c2Cl)c1. The van der Waals surface area contributed by atoms with Crippen molar-refractivity contribution in [2.24, 2.45) is 5.92 Å². The number of amides is 2. The topological polar surface area (TPSA) is 111 Å². The number of halogens is 2. The fourth-order valence-corrected chi connectivity index (χ4v) is 2.84. The van der Waals surface area contributed by atoms with Crippen LogP contribution in [-0.4, -0.2) is 37.0 Å². The molecular formula is C23H24Cl2N2O6. The molecule has 0 heterocycles. The van der Waals surface area contributed by atoms with E-state index < -0.39 is 30.4 Å². The van der Waals surface area contributed by atoms with Crippen molar-refractivity contribution in [1.82, 2.24) is 0 Å². The molecule has 2 amide bonds. The van der Waals surface area contributed by atoms with E-state index in [2.05, 4.69) is 10.6 Å². The highest BCUT2D eigenvalue weighted by atomic mass is 35.5. The molecular weight excluding hydrogens is 471 g/mol. The van der Waals surface area contributed by atoms with E-state index in [1.807, 2.05) is 13.8 Å². The summed E-state index contributed by atoms with van der Waals surface area (Å²) in [7, 11) is 0. The number of nitrogens with one attached hydrogen (secondary N) is 2. The maximum absolute atomic E-state index is 12.1. The average Bonchev–Trinajstić information content (AvgIpc) is 2.78. The largest absolute Gasteiger partial charge is 0.462 e. The van der Waals surface area contributed by atoms with E-state index in [4.69, 9.17) is 32.7 Å². The lowest BCUT2D eigenvalue weighted by atomic mass is 10.2. The van der Waals surface area contributed by atoms with E-state index in [0.717, 1.165) is 0 Å². The second kappa shape index (κ2) is 12.8. The van der Waals surface area contributed by atoms with Gasteiger partial charge in [0.15, 0.2) is 6.61 Å². The van der Waals surface area contributed by atoms with Gasteiger partial charge in [-0.1, -0.05) is 49.2 Å². The quantitative estimate of drug-likeness (QED) is 0.462. The normalized spacial score (nSPS) is 10.5. The Hall–Kier alpha value is -3.10. The van der Waals surface area contributed by atoms with Crippen molar-refractivity contribution in [2.75, 3.05) is 23.8 Å². The van der Waals surface area contributed by atoms with Gasteiger partial charge in [-0.2, -0.15) is 0 Å². The average molecular weight is 495 g/mol. The molecule has 0 spiro atoms. The Kier molecular flexibility index (Phi) is 10.2. The van der Waals surface area contributed by atoms with Crippen molar-refractivity contribution >= 4 is 58.3 Å². The summed E-state index contributed by atoms with van der Waals surface area (Å²) in [5, 5.41) is 5.54. The van der Waals surface area contributed by atoms with Gasteiger partial charge in [0, 0.05) is 12.1 Å². The molecule has 0 saturated heterocycles. The summed E-state index contributed by atoms with van der Waals surface area (Å²) in [6.45, 7) is 3.61. The predicted molar refractivity (Wildman–Crippen MR) is 125 cm³/mol. The first-order chi connectivity index (χ1) is 15.7. The molecule has 0 atom stereocenters. The number of hydrogen-bond acceptors (Lipinski definition) is 6. The van der Waals surface area contributed by atoms with Gasteiger partial charge in [-0.25, -0.2) is 4.79 Å². The number of esters is 2. The van der Waals surface area contributed by atoms with Gasteiger partial charge in [0.2, 0.25) is 5.91 Å². The van der Waals surface area contributed by atoms with E-state index >= 15 is 0 Å². The van der Waals surface area contributed by atoms with Crippen LogP contribution in [0.3, 0.4) is 0 Å². The van der Waals surface area contributed by atoms with Crippen LogP contribution in [0, 0.1) is 5.92 Å². The Morgan fingerprint density at radius 1 is 0.909 bits per heavy atom. The maximum Gasteiger partial charge on any atom is 0.338 e. The van der Waals surface area contributed by atoms with Gasteiger partial charge in [-0.05, 0) is 36.2 Å². The zero-order chi connectivity index (χ0) is 24.4. The highest BCUT2D eigenvalue weighted by Gasteiger charge is 2.14. The van der Waals surface area contributed by atoms with E-state index in [9.17, 15) is 19.2 Å². The number of ether oxygens (including phenoxy) is 2. The number of rotatable bonds is 10. The first kappa shape index (κ1) is 26.2. The fourth-order valence-electron chi connectivity index (χ4n) is 2.49. The summed E-state index contributed by atoms with van der Waals surface area (Å²) in [5.41, 5.74) is 0.990. The number of carbonyl (C=O) groups excluding carboxylic acids is 4. The maximum atomic E-state index is 12.1. The Morgan fingerprint density at radius 2 is 1.64 bits per heavy atom. The van der Waals surface area contributed by atoms with Gasteiger partial charge >= 0.3 is 11.9 Å². The number of benzene rings is 2. The van der Waals surface area contributed by atoms with Crippen LogP contribution in [0.25, 0.3) is 0 Å². The fraction of sp³-hybridized carbons (Fsp3) is 0.304. The molecule has 10 heteroatoms. The van der Waals surface area contributed by atoms with Crippen molar-refractivity contribution in [1.29, 1.82) is 0 Å². The zero-order valence-electron chi connectivity index (χ0n) is 18.2. The smallest absolute Gasteiger partial charge is 0.338 e. The Labute approximate surface area is 201 Å². The monoisotopic (exact) mass is 494 g/mol. The molecule has 0 unspecified atom stereocenters. The highest BCUT2D eigenvalue weighted by Crippen LogP contribution is 2.29. The third kappa shape index (κ3) is 9.11. The van der Waals surface area contributed by atoms with Crippen LogP contribution >= 0.6 is 23.2 Å². The van der Waals surface area contributed by atoms with E-state index in [1.54, 1.807) is 36.4 Å². The summed E-state index contributed by atoms with van der Waals surface area (Å²) in [6, 6.07) is 11.0. The molecule has 2 aromatic carbocycles. The molecule has 0 aliphatic rings. The summed E-state index contributed by atoms with van der Waals surface area (Å²) < 4.78 is 10.0. The molecule has 176 valence electrons. The van der Waals surface area contributed by atoms with Gasteiger partial charge in [-0.15, -0.1) is 0 Å². The summed E-state index contributed by atoms with van der Waals surface area (Å²) >= 11 is 11.9. The summed E-state index contributed by atoms with van der Waals surface area (Å²) in [4.78, 5) is 47.9. The first-order valence-electron chi connectivity index (χ1n) is 10.1. The van der Waals surface area contributed by atoms with Crippen LogP contribution in [0.15, 0.2) is 42.5 Å². The lowest BCUT2D eigenvalue weighted by Crippen LogP contribution is -2.22. The van der Waals surface area contributed by atoms with Gasteiger partial charge in [-0.3, -0.25) is 14.4 Å². The molecule has 0 aromatic heterocycles. The van der Waals surface area contributed by atoms with Gasteiger partial charge in [0.25, 0.3) is 5.91 Å². The standard InChI is InChI=1S/C23H24Cl2N2O6/c1-14(2)12-33-23(31)15-5-3-6-16(11-15)26-19(28)9-10-21(30)32-13-20(29)27-18-8-4-7-17(24)22(18)25/h3-8,11,14H,9-10,12-13H2,1-2H3,(H,26,28)(H,27,29). The van der Waals surface area contributed by atoms with Crippen LogP contribution in [0.5, 0.6) is 0 Å². The molecule has 2 N–H and O–H groups in total. The lowest BCUT2D eigenvalue weighted by Gasteiger charge is -2.10. The molecule has 2 aromatic rings. The molecule has 0 radical (unpaired) electrons. The Balaban J connectivity index is 1.75. The molecule has 8 nitrogen and oxygen atoms in total. The van der Waals surface area contributed by atoms with Crippen molar-refractivity contribution in [3.8, 4) is 0 Å². The van der Waals surface area contributed by atoms with Crippen LogP contribution in [-0.2, 0) is 23.9 Å². The Morgan fingerprint density at radius 3 is 2.36 bits per heavy atom. The van der Waals surface area contributed by atoms with E-state index in [0.29, 0.717) is 23.5 Å². The molecule has 0 fully saturated rings. The molecule has 0 bridgehead atoms. The summed E-state index contributed by atoms with van der Waals surface area (Å²) in [6.07, 6.45) is -0.393. The predicted octanol–water partition coefficient (Wildman–Crippen LogP) is 4.71. The van der Waals surface area contributed by atoms with Gasteiger partial charge in [0.05, 0.1) is 34.3 Å². The molecule has 33 heavy (non-hydrogen) atoms. The third-order valence-corrected chi connectivity index (χ3v) is 4.89. The van der Waals surface area contributed by atoms with Crippen molar-refractivity contribution < 1.29 is 28.7 Å². The van der Waals surface area contributed by atoms with Crippen LogP contribution in [0.2, 0.25) is 10.0 Å². The first-order valence-corrected chi connectivity index (χ1v) is 10.9. The van der Waals surface area contributed by atoms with Gasteiger partial charge < -0.3 is 20.1 Å². The number of hydrogen-bond donors (Lipinski definition) is 2. The molecule has 2 rings (SSSR count). The van der Waals surface area contributed by atoms with Crippen LogP contribution in [0.1, 0.15) is 37.0 Å². The van der Waals surface area contributed by atoms with Crippen molar-refractivity contribution in [3.63, 3.8) is 0 Å². The van der Waals surface area contributed by atoms with Crippen molar-refractivity contribution in [2.45, 2.75) is 26.7 Å². The van der Waals surface area contributed by atoms with Crippen LogP contribution in [0.4, 0.5) is 11.4 Å². The molecule has 0 aliphatic heterocycles. The number of anilines is 2. The third-order valence-electron chi connectivity index (χ3n) is 4.08. The minimum atomic E-state index is -0.719. The minimum absolute atomic E-state index is 0.164. The highest BCUT2D eigenvalue weighted by molar-refractivity contribution is 6.44. The second-order valence-electron chi connectivity index (χ2n) is 7.43. The lowest BCUT2D eigenvalue weighted by molar-refractivity contribution is -0.147. The zero-order valence-corrected chi connectivity index (χ0v) is 19.7. The Bertz CT molecular complexity index is 1030. The van der Waals surface area contributed by atoms with Gasteiger partial charge in [0.1, 0.15) is 0 Å². The number of carbonyl (C=O) groups is 4. The molecule has 0 saturated carbocycles. The molecule has 0 aliphatic carbocycles. The van der Waals surface area contributed by atoms with E-state index in [1.165, 1.54) is 6.07 Å². The van der Waals surface area contributed by atoms with E-state index in [-0.39, 0.29) is 28.8 Å². The summed E-state index contributed by atoms with van der Waals surface area (Å²) in [5.74, 6) is -2.05. The minimum Gasteiger partial charge on any atom is -0.462 e. The second-order valence-corrected chi connectivity index (χ2v) is 8.22. The van der Waals surface area contributed by atoms with Crippen LogP contribution < -0.4 is 10.6 Å².